The first-order valence-corrected chi connectivity index (χ1v) is 13.2. The van der Waals surface area contributed by atoms with E-state index in [9.17, 15) is 20.6 Å². The fourth-order valence-electron chi connectivity index (χ4n) is 6.12. The van der Waals surface area contributed by atoms with Crippen LogP contribution in [-0.4, -0.2) is 106 Å². The van der Waals surface area contributed by atoms with Crippen LogP contribution in [0.1, 0.15) is 81.1 Å². The van der Waals surface area contributed by atoms with E-state index in [-0.39, 0.29) is 44.5 Å². The van der Waals surface area contributed by atoms with Crippen molar-refractivity contribution >= 4 is 11.9 Å². The fourth-order valence-corrected chi connectivity index (χ4v) is 6.12. The third-order valence-corrected chi connectivity index (χ3v) is 7.47. The molecule has 3 heterocycles. The molecule has 1 aromatic heterocycles. The lowest BCUT2D eigenvalue weighted by atomic mass is 9.79. The number of rotatable bonds is 9. The highest BCUT2D eigenvalue weighted by Gasteiger charge is 2.47. The molecule has 5 N–H and O–H groups in total. The molecule has 12 heteroatoms. The zero-order valence-electron chi connectivity index (χ0n) is 23.7. The Morgan fingerprint density at radius 3 is 1.70 bits per heavy atom. The predicted molar refractivity (Wildman–Crippen MR) is 140 cm³/mol. The molecule has 1 aromatic rings. The number of anilines is 2. The summed E-state index contributed by atoms with van der Waals surface area (Å²) in [4.78, 5) is 15.4. The van der Waals surface area contributed by atoms with Crippen molar-refractivity contribution < 1.29 is 25.4 Å². The van der Waals surface area contributed by atoms with Gasteiger partial charge in [0.2, 0.25) is 11.9 Å². The number of ether oxygens (including phenoxy) is 1. The highest BCUT2D eigenvalue weighted by atomic mass is 16.5. The highest BCUT2D eigenvalue weighted by molar-refractivity contribution is 5.39. The van der Waals surface area contributed by atoms with Crippen LogP contribution < -0.4 is 15.0 Å². The van der Waals surface area contributed by atoms with Crippen LogP contribution in [0.25, 0.3) is 0 Å². The summed E-state index contributed by atoms with van der Waals surface area (Å²) in [5, 5.41) is 46.7. The average molecular weight is 526 g/mol. The van der Waals surface area contributed by atoms with Gasteiger partial charge < -0.3 is 35.6 Å². The van der Waals surface area contributed by atoms with E-state index in [4.69, 9.17) is 4.74 Å². The van der Waals surface area contributed by atoms with Crippen LogP contribution in [0.5, 0.6) is 6.01 Å². The Morgan fingerprint density at radius 1 is 0.784 bits per heavy atom. The standard InChI is InChI=1S/C25H47N7O5/c1-22(2)13-17(14-23(3,4)31(22)35)26-19-27-20(30(9-11-33)10-12-34)29-21(28-19)37-18-15-24(5,6)32(36)25(7,8)16-18/h17-18,33-36H,9-16H2,1-8H3,(H,26,27,28,29). The summed E-state index contributed by atoms with van der Waals surface area (Å²) >= 11 is 0. The molecule has 0 aliphatic carbocycles. The largest absolute Gasteiger partial charge is 0.460 e. The summed E-state index contributed by atoms with van der Waals surface area (Å²) in [7, 11) is 0. The minimum absolute atomic E-state index is 0.0175. The number of nitrogens with zero attached hydrogens (tertiary/aromatic N) is 6. The monoisotopic (exact) mass is 525 g/mol. The molecule has 2 aliphatic heterocycles. The highest BCUT2D eigenvalue weighted by Crippen LogP contribution is 2.39. The second-order valence-electron chi connectivity index (χ2n) is 12.9. The van der Waals surface area contributed by atoms with Crippen molar-refractivity contribution in [3.8, 4) is 6.01 Å². The van der Waals surface area contributed by atoms with Crippen molar-refractivity contribution in [3.63, 3.8) is 0 Å². The van der Waals surface area contributed by atoms with Crippen LogP contribution in [0.3, 0.4) is 0 Å². The SMILES string of the molecule is CC1(C)CC(Nc2nc(OC3CC(C)(C)N(O)C(C)(C)C3)nc(N(CCO)CCO)n2)CC(C)(C)N1O. The van der Waals surface area contributed by atoms with Crippen molar-refractivity contribution in [3.05, 3.63) is 0 Å². The number of nitrogens with one attached hydrogen (secondary N) is 1. The minimum Gasteiger partial charge on any atom is -0.460 e. The third-order valence-electron chi connectivity index (χ3n) is 7.47. The average Bonchev–Trinajstić information content (AvgIpc) is 2.74. The molecule has 37 heavy (non-hydrogen) atoms. The summed E-state index contributed by atoms with van der Waals surface area (Å²) in [5.41, 5.74) is -1.91. The van der Waals surface area contributed by atoms with Gasteiger partial charge in [-0.2, -0.15) is 25.1 Å². The maximum absolute atomic E-state index is 10.7. The molecule has 0 saturated carbocycles. The lowest BCUT2D eigenvalue weighted by Gasteiger charge is -2.51. The summed E-state index contributed by atoms with van der Waals surface area (Å²) in [6.07, 6.45) is 2.24. The fraction of sp³-hybridized carbons (Fsp3) is 0.880. The van der Waals surface area contributed by atoms with Crippen molar-refractivity contribution in [1.82, 2.24) is 25.1 Å². The Balaban J connectivity index is 1.92. The summed E-state index contributed by atoms with van der Waals surface area (Å²) < 4.78 is 6.31. The van der Waals surface area contributed by atoms with Crippen molar-refractivity contribution in [2.45, 2.75) is 115 Å². The van der Waals surface area contributed by atoms with Gasteiger partial charge in [-0.05, 0) is 68.2 Å². The molecule has 3 rings (SSSR count). The van der Waals surface area contributed by atoms with Crippen molar-refractivity contribution in [2.75, 3.05) is 36.5 Å². The molecule has 0 bridgehead atoms. The molecule has 0 unspecified atom stereocenters. The third kappa shape index (κ3) is 6.79. The molecule has 0 amide bonds. The van der Waals surface area contributed by atoms with Gasteiger partial charge in [-0.1, -0.05) is 0 Å². The molecular formula is C25H47N7O5. The van der Waals surface area contributed by atoms with Gasteiger partial charge in [-0.3, -0.25) is 0 Å². The first-order valence-electron chi connectivity index (χ1n) is 13.2. The van der Waals surface area contributed by atoms with Gasteiger partial charge >= 0.3 is 6.01 Å². The second kappa shape index (κ2) is 10.7. The zero-order chi connectivity index (χ0) is 27.8. The van der Waals surface area contributed by atoms with Crippen LogP contribution >= 0.6 is 0 Å². The number of hydrogen-bond acceptors (Lipinski definition) is 12. The molecule has 0 aromatic carbocycles. The number of aliphatic hydroxyl groups is 2. The molecule has 2 aliphatic rings. The maximum atomic E-state index is 10.7. The van der Waals surface area contributed by atoms with E-state index in [1.54, 1.807) is 4.90 Å². The summed E-state index contributed by atoms with van der Waals surface area (Å²) in [6, 6.07) is 0.130. The van der Waals surface area contributed by atoms with Gasteiger partial charge in [-0.15, -0.1) is 0 Å². The van der Waals surface area contributed by atoms with Crippen LogP contribution in [0.2, 0.25) is 0 Å². The van der Waals surface area contributed by atoms with Gasteiger partial charge in [0.05, 0.1) is 13.2 Å². The Hall–Kier alpha value is -1.83. The van der Waals surface area contributed by atoms with E-state index in [1.807, 2.05) is 55.4 Å². The Kier molecular flexibility index (Phi) is 8.63. The molecule has 2 saturated heterocycles. The number of piperidine rings is 2. The van der Waals surface area contributed by atoms with E-state index in [0.29, 0.717) is 37.6 Å². The first kappa shape index (κ1) is 29.7. The topological polar surface area (TPSA) is 151 Å². The second-order valence-corrected chi connectivity index (χ2v) is 12.9. The van der Waals surface area contributed by atoms with Crippen LogP contribution in [0, 0.1) is 0 Å². The normalized spacial score (nSPS) is 24.1. The molecule has 212 valence electrons. The van der Waals surface area contributed by atoms with Crippen LogP contribution in [-0.2, 0) is 0 Å². The zero-order valence-corrected chi connectivity index (χ0v) is 23.7. The predicted octanol–water partition coefficient (Wildman–Crippen LogP) is 2.27. The van der Waals surface area contributed by atoms with E-state index < -0.39 is 22.2 Å². The smallest absolute Gasteiger partial charge is 0.323 e. The lowest BCUT2D eigenvalue weighted by Crippen LogP contribution is -2.61. The van der Waals surface area contributed by atoms with Crippen molar-refractivity contribution in [2.24, 2.45) is 0 Å². The van der Waals surface area contributed by atoms with Gasteiger partial charge in [0, 0.05) is 54.1 Å². The quantitative estimate of drug-likeness (QED) is 0.322. The van der Waals surface area contributed by atoms with Crippen LogP contribution in [0.15, 0.2) is 0 Å². The first-order chi connectivity index (χ1) is 17.0. The van der Waals surface area contributed by atoms with E-state index in [0.717, 1.165) is 0 Å². The number of hydroxylamine groups is 4. The molecule has 0 atom stereocenters. The van der Waals surface area contributed by atoms with Gasteiger partial charge in [0.1, 0.15) is 6.10 Å². The van der Waals surface area contributed by atoms with Crippen molar-refractivity contribution in [1.29, 1.82) is 0 Å². The van der Waals surface area contributed by atoms with Gasteiger partial charge in [0.15, 0.2) is 0 Å². The number of hydrogen-bond donors (Lipinski definition) is 5. The molecule has 0 radical (unpaired) electrons. The lowest BCUT2D eigenvalue weighted by molar-refractivity contribution is -0.255. The Bertz CT molecular complexity index is 822. The maximum Gasteiger partial charge on any atom is 0.323 e. The van der Waals surface area contributed by atoms with Gasteiger partial charge in [0.25, 0.3) is 0 Å². The minimum atomic E-state index is -0.501. The summed E-state index contributed by atoms with van der Waals surface area (Å²) in [5.74, 6) is 0.633. The molecule has 0 spiro atoms. The molecule has 12 nitrogen and oxygen atoms in total. The Labute approximate surface area is 220 Å². The molecule has 2 fully saturated rings. The van der Waals surface area contributed by atoms with Crippen LogP contribution in [0.4, 0.5) is 11.9 Å². The molecular weight excluding hydrogens is 478 g/mol. The van der Waals surface area contributed by atoms with E-state index in [2.05, 4.69) is 20.3 Å². The Morgan fingerprint density at radius 2 is 1.24 bits per heavy atom. The summed E-state index contributed by atoms with van der Waals surface area (Å²) in [6.45, 7) is 16.1. The van der Waals surface area contributed by atoms with E-state index in [1.165, 1.54) is 10.1 Å². The van der Waals surface area contributed by atoms with Gasteiger partial charge in [-0.25, -0.2) is 0 Å². The number of aromatic nitrogens is 3. The number of aliphatic hydroxyl groups excluding tert-OH is 2. The van der Waals surface area contributed by atoms with E-state index >= 15 is 0 Å².